The van der Waals surface area contributed by atoms with Gasteiger partial charge in [0.2, 0.25) is 10.0 Å². The number of carbonyl (C=O) groups excluding carboxylic acids is 2. The molecule has 0 saturated heterocycles. The Morgan fingerprint density at radius 1 is 1.07 bits per heavy atom. The van der Waals surface area contributed by atoms with Crippen molar-refractivity contribution in [2.45, 2.75) is 37.8 Å². The molecule has 29 heavy (non-hydrogen) atoms. The third-order valence-corrected chi connectivity index (χ3v) is 6.27. The van der Waals surface area contributed by atoms with Gasteiger partial charge in [0.05, 0.1) is 10.5 Å². The highest BCUT2D eigenvalue weighted by atomic mass is 32.2. The Labute approximate surface area is 169 Å². The van der Waals surface area contributed by atoms with Crippen LogP contribution in [-0.2, 0) is 19.6 Å². The molecule has 0 spiro atoms. The Kier molecular flexibility index (Phi) is 7.10. The van der Waals surface area contributed by atoms with Crippen molar-refractivity contribution in [3.63, 3.8) is 0 Å². The zero-order valence-electron chi connectivity index (χ0n) is 16.5. The van der Waals surface area contributed by atoms with Crippen molar-refractivity contribution in [1.29, 1.82) is 0 Å². The molecule has 0 aliphatic heterocycles. The summed E-state index contributed by atoms with van der Waals surface area (Å²) >= 11 is 0. The van der Waals surface area contributed by atoms with Gasteiger partial charge >= 0.3 is 5.97 Å². The van der Waals surface area contributed by atoms with Crippen LogP contribution < -0.4 is 5.32 Å². The number of rotatable bonds is 7. The molecule has 0 radical (unpaired) electrons. The summed E-state index contributed by atoms with van der Waals surface area (Å²) in [5, 5.41) is 2.50. The fourth-order valence-corrected chi connectivity index (χ4v) is 3.70. The van der Waals surface area contributed by atoms with Crippen LogP contribution in [-0.4, -0.2) is 43.8 Å². The number of anilines is 1. The van der Waals surface area contributed by atoms with Gasteiger partial charge in [-0.05, 0) is 63.2 Å². The Hall–Kier alpha value is -2.78. The predicted molar refractivity (Wildman–Crippen MR) is 106 cm³/mol. The summed E-state index contributed by atoms with van der Waals surface area (Å²) in [6.07, 6.45) is -1.15. The lowest BCUT2D eigenvalue weighted by Crippen LogP contribution is -2.33. The fourth-order valence-electron chi connectivity index (χ4n) is 2.29. The lowest BCUT2D eigenvalue weighted by molar-refractivity contribution is -0.123. The van der Waals surface area contributed by atoms with Gasteiger partial charge in [-0.1, -0.05) is 6.07 Å². The van der Waals surface area contributed by atoms with E-state index in [1.807, 2.05) is 0 Å². The Balaban J connectivity index is 2.10. The number of amides is 1. The molecular formula is C20H23FN2O5S. The highest BCUT2D eigenvalue weighted by Gasteiger charge is 2.25. The standard InChI is InChI=1S/C20H23FN2O5S/c1-13(2)23(4)29(26,27)18-7-5-6-15(12-18)20(25)28-14(3)19(24)22-17-10-8-16(21)9-11-17/h5-14H,1-4H3,(H,22,24)/t14-/m0/s1. The molecule has 156 valence electrons. The molecule has 1 N–H and O–H groups in total. The van der Waals surface area contributed by atoms with Gasteiger partial charge in [0.25, 0.3) is 5.91 Å². The maximum atomic E-state index is 12.9. The molecule has 0 aliphatic carbocycles. The van der Waals surface area contributed by atoms with Gasteiger partial charge < -0.3 is 10.1 Å². The van der Waals surface area contributed by atoms with Gasteiger partial charge in [0, 0.05) is 18.8 Å². The maximum Gasteiger partial charge on any atom is 0.338 e. The van der Waals surface area contributed by atoms with Crippen molar-refractivity contribution in [3.05, 3.63) is 59.9 Å². The molecule has 0 aliphatic rings. The number of hydrogen-bond acceptors (Lipinski definition) is 5. The average Bonchev–Trinajstić information content (AvgIpc) is 2.68. The first-order valence-electron chi connectivity index (χ1n) is 8.88. The van der Waals surface area contributed by atoms with E-state index in [-0.39, 0.29) is 16.5 Å². The molecule has 0 heterocycles. The number of esters is 1. The van der Waals surface area contributed by atoms with Gasteiger partial charge in [-0.15, -0.1) is 0 Å². The predicted octanol–water partition coefficient (Wildman–Crippen LogP) is 3.04. The number of hydrogen-bond donors (Lipinski definition) is 1. The third kappa shape index (κ3) is 5.61. The van der Waals surface area contributed by atoms with Crippen molar-refractivity contribution in [1.82, 2.24) is 4.31 Å². The summed E-state index contributed by atoms with van der Waals surface area (Å²) in [6.45, 7) is 4.85. The molecule has 7 nitrogen and oxygen atoms in total. The molecule has 0 unspecified atom stereocenters. The molecule has 0 saturated carbocycles. The average molecular weight is 422 g/mol. The minimum absolute atomic E-state index is 0.00432. The van der Waals surface area contributed by atoms with Crippen LogP contribution >= 0.6 is 0 Å². The van der Waals surface area contributed by atoms with Gasteiger partial charge in [-0.25, -0.2) is 17.6 Å². The van der Waals surface area contributed by atoms with Crippen LogP contribution in [0.5, 0.6) is 0 Å². The summed E-state index contributed by atoms with van der Waals surface area (Å²) in [5.41, 5.74) is 0.355. The van der Waals surface area contributed by atoms with E-state index in [1.165, 1.54) is 66.8 Å². The van der Waals surface area contributed by atoms with Crippen LogP contribution in [0.1, 0.15) is 31.1 Å². The van der Waals surface area contributed by atoms with E-state index in [9.17, 15) is 22.4 Å². The van der Waals surface area contributed by atoms with Crippen LogP contribution in [0.25, 0.3) is 0 Å². The van der Waals surface area contributed by atoms with Gasteiger partial charge in [-0.3, -0.25) is 4.79 Å². The number of sulfonamides is 1. The van der Waals surface area contributed by atoms with E-state index in [4.69, 9.17) is 4.74 Å². The van der Waals surface area contributed by atoms with Crippen LogP contribution in [0.15, 0.2) is 53.4 Å². The lowest BCUT2D eigenvalue weighted by atomic mass is 10.2. The summed E-state index contributed by atoms with van der Waals surface area (Å²) < 4.78 is 44.4. The number of benzene rings is 2. The maximum absolute atomic E-state index is 12.9. The highest BCUT2D eigenvalue weighted by molar-refractivity contribution is 7.89. The molecule has 2 aromatic rings. The van der Waals surface area contributed by atoms with E-state index in [0.29, 0.717) is 5.69 Å². The molecule has 0 fully saturated rings. The lowest BCUT2D eigenvalue weighted by Gasteiger charge is -2.21. The number of ether oxygens (including phenoxy) is 1. The second-order valence-electron chi connectivity index (χ2n) is 6.69. The number of halogens is 1. The molecule has 9 heteroatoms. The number of carbonyl (C=O) groups is 2. The largest absolute Gasteiger partial charge is 0.449 e. The minimum Gasteiger partial charge on any atom is -0.449 e. The van der Waals surface area contributed by atoms with E-state index in [0.717, 1.165) is 0 Å². The zero-order chi connectivity index (χ0) is 21.8. The molecule has 2 rings (SSSR count). The van der Waals surface area contributed by atoms with E-state index in [2.05, 4.69) is 5.32 Å². The van der Waals surface area contributed by atoms with Gasteiger partial charge in [-0.2, -0.15) is 4.31 Å². The SMILES string of the molecule is CC(C)N(C)S(=O)(=O)c1cccc(C(=O)O[C@@H](C)C(=O)Nc2ccc(F)cc2)c1. The zero-order valence-corrected chi connectivity index (χ0v) is 17.4. The second kappa shape index (κ2) is 9.15. The monoisotopic (exact) mass is 422 g/mol. The topological polar surface area (TPSA) is 92.8 Å². The van der Waals surface area contributed by atoms with Gasteiger partial charge in [0.15, 0.2) is 6.10 Å². The summed E-state index contributed by atoms with van der Waals surface area (Å²) in [7, 11) is -2.32. The molecule has 1 atom stereocenters. The Morgan fingerprint density at radius 2 is 1.69 bits per heavy atom. The Bertz CT molecular complexity index is 990. The number of nitrogens with zero attached hydrogens (tertiary/aromatic N) is 1. The minimum atomic E-state index is -3.77. The van der Waals surface area contributed by atoms with Crippen molar-refractivity contribution in [2.24, 2.45) is 0 Å². The molecule has 0 bridgehead atoms. The second-order valence-corrected chi connectivity index (χ2v) is 8.68. The smallest absolute Gasteiger partial charge is 0.338 e. The first kappa shape index (κ1) is 22.5. The van der Waals surface area contributed by atoms with Crippen LogP contribution in [0.4, 0.5) is 10.1 Å². The normalized spacial score (nSPS) is 12.7. The van der Waals surface area contributed by atoms with Crippen molar-refractivity contribution < 1.29 is 27.1 Å². The highest BCUT2D eigenvalue weighted by Crippen LogP contribution is 2.19. The van der Waals surface area contributed by atoms with Gasteiger partial charge in [0.1, 0.15) is 5.82 Å². The first-order chi connectivity index (χ1) is 13.5. The summed E-state index contributed by atoms with van der Waals surface area (Å²) in [4.78, 5) is 24.5. The third-order valence-electron chi connectivity index (χ3n) is 4.24. The van der Waals surface area contributed by atoms with E-state index >= 15 is 0 Å². The Morgan fingerprint density at radius 3 is 2.28 bits per heavy atom. The van der Waals surface area contributed by atoms with Crippen LogP contribution in [0.3, 0.4) is 0 Å². The summed E-state index contributed by atoms with van der Waals surface area (Å²) in [6, 6.07) is 10.3. The summed E-state index contributed by atoms with van der Waals surface area (Å²) in [5.74, 6) is -1.88. The fraction of sp³-hybridized carbons (Fsp3) is 0.300. The van der Waals surface area contributed by atoms with Crippen LogP contribution in [0, 0.1) is 5.82 Å². The molecule has 2 aromatic carbocycles. The van der Waals surface area contributed by atoms with Crippen LogP contribution in [0.2, 0.25) is 0 Å². The first-order valence-corrected chi connectivity index (χ1v) is 10.3. The quantitative estimate of drug-likeness (QED) is 0.693. The van der Waals surface area contributed by atoms with Crippen molar-refractivity contribution in [3.8, 4) is 0 Å². The van der Waals surface area contributed by atoms with E-state index in [1.54, 1.807) is 13.8 Å². The van der Waals surface area contributed by atoms with Crippen molar-refractivity contribution >= 4 is 27.6 Å². The molecule has 1 amide bonds. The number of nitrogens with one attached hydrogen (secondary N) is 1. The van der Waals surface area contributed by atoms with E-state index < -0.39 is 33.8 Å². The molecule has 0 aromatic heterocycles. The molecular weight excluding hydrogens is 399 g/mol. The van der Waals surface area contributed by atoms with Crippen molar-refractivity contribution in [2.75, 3.05) is 12.4 Å².